The van der Waals surface area contributed by atoms with Gasteiger partial charge in [-0.25, -0.2) is 8.42 Å². The number of ketones is 1. The number of hydrogen-bond donors (Lipinski definition) is 1. The molecule has 0 saturated heterocycles. The first-order valence-corrected chi connectivity index (χ1v) is 8.24. The molecular weight excluding hydrogens is 266 g/mol. The molecule has 0 aromatic rings. The lowest BCUT2D eigenvalue weighted by Gasteiger charge is -2.37. The second-order valence-electron chi connectivity index (χ2n) is 6.87. The SMILES string of the molecule is CC1(C)C2CCC1(CS(=O)(=O)[O-])C(=O)C2.C[NH+](C)C. The third-order valence-electron chi connectivity index (χ3n) is 4.56. The molecule has 5 nitrogen and oxygen atoms in total. The number of nitrogens with one attached hydrogen (secondary N) is 1. The van der Waals surface area contributed by atoms with Gasteiger partial charge in [0.15, 0.2) is 0 Å². The molecule has 1 N–H and O–H groups in total. The molecule has 2 aliphatic carbocycles. The maximum atomic E-state index is 11.8. The van der Waals surface area contributed by atoms with E-state index in [0.29, 0.717) is 12.8 Å². The summed E-state index contributed by atoms with van der Waals surface area (Å²) in [6.07, 6.45) is 1.88. The zero-order valence-corrected chi connectivity index (χ0v) is 13.3. The van der Waals surface area contributed by atoms with Gasteiger partial charge in [-0.05, 0) is 24.2 Å². The van der Waals surface area contributed by atoms with Gasteiger partial charge in [0.25, 0.3) is 0 Å². The molecule has 19 heavy (non-hydrogen) atoms. The van der Waals surface area contributed by atoms with Crippen molar-refractivity contribution < 1.29 is 22.7 Å². The summed E-state index contributed by atoms with van der Waals surface area (Å²) in [5, 5.41) is 0. The van der Waals surface area contributed by atoms with Gasteiger partial charge >= 0.3 is 0 Å². The molecule has 0 spiro atoms. The van der Waals surface area contributed by atoms with E-state index >= 15 is 0 Å². The maximum absolute atomic E-state index is 11.8. The van der Waals surface area contributed by atoms with E-state index in [9.17, 15) is 17.8 Å². The Balaban J connectivity index is 0.000000399. The first-order chi connectivity index (χ1) is 8.42. The molecule has 2 bridgehead atoms. The highest BCUT2D eigenvalue weighted by atomic mass is 32.2. The lowest BCUT2D eigenvalue weighted by Crippen LogP contribution is -3.02. The Labute approximate surface area is 116 Å². The van der Waals surface area contributed by atoms with E-state index in [1.54, 1.807) is 0 Å². The number of rotatable bonds is 2. The zero-order valence-electron chi connectivity index (χ0n) is 12.4. The predicted octanol–water partition coefficient (Wildman–Crippen LogP) is -0.312. The Morgan fingerprint density at radius 1 is 1.32 bits per heavy atom. The molecule has 0 aromatic carbocycles. The Bertz CT molecular complexity index is 453. The lowest BCUT2D eigenvalue weighted by atomic mass is 9.70. The Kier molecular flexibility index (Phi) is 4.49. The topological polar surface area (TPSA) is 78.7 Å². The first-order valence-electron chi connectivity index (χ1n) is 6.66. The molecule has 0 amide bonds. The van der Waals surface area contributed by atoms with Crippen LogP contribution in [0.15, 0.2) is 0 Å². The van der Waals surface area contributed by atoms with Gasteiger partial charge in [0.2, 0.25) is 0 Å². The van der Waals surface area contributed by atoms with Gasteiger partial charge in [0.05, 0.1) is 37.0 Å². The van der Waals surface area contributed by atoms with Gasteiger partial charge in [-0.15, -0.1) is 0 Å². The van der Waals surface area contributed by atoms with Crippen molar-refractivity contribution in [2.75, 3.05) is 26.9 Å². The third kappa shape index (κ3) is 3.17. The number of carbonyl (C=O) groups excluding carboxylic acids is 1. The van der Waals surface area contributed by atoms with Crippen LogP contribution in [-0.4, -0.2) is 45.6 Å². The highest BCUT2D eigenvalue weighted by molar-refractivity contribution is 7.85. The Morgan fingerprint density at radius 2 is 1.79 bits per heavy atom. The van der Waals surface area contributed by atoms with Crippen molar-refractivity contribution in [3.8, 4) is 0 Å². The molecular formula is C13H25NO4S. The molecule has 2 aliphatic rings. The molecule has 0 radical (unpaired) electrons. The van der Waals surface area contributed by atoms with Gasteiger partial charge in [-0.1, -0.05) is 13.8 Å². The van der Waals surface area contributed by atoms with Crippen LogP contribution in [0.1, 0.15) is 33.1 Å². The van der Waals surface area contributed by atoms with Crippen LogP contribution >= 0.6 is 0 Å². The fraction of sp³-hybridized carbons (Fsp3) is 0.923. The van der Waals surface area contributed by atoms with Crippen molar-refractivity contribution in [2.24, 2.45) is 16.7 Å². The summed E-state index contributed by atoms with van der Waals surface area (Å²) < 4.78 is 32.7. The van der Waals surface area contributed by atoms with Crippen molar-refractivity contribution in [1.82, 2.24) is 0 Å². The van der Waals surface area contributed by atoms with E-state index in [4.69, 9.17) is 0 Å². The summed E-state index contributed by atoms with van der Waals surface area (Å²) in [6, 6.07) is 0. The number of fused-ring (bicyclic) bond motifs is 2. The van der Waals surface area contributed by atoms with Crippen LogP contribution in [0.25, 0.3) is 0 Å². The van der Waals surface area contributed by atoms with Crippen LogP contribution in [0.4, 0.5) is 0 Å². The minimum atomic E-state index is -4.33. The number of quaternary nitrogens is 1. The van der Waals surface area contributed by atoms with Crippen LogP contribution in [0.2, 0.25) is 0 Å². The highest BCUT2D eigenvalue weighted by Crippen LogP contribution is 2.64. The molecule has 2 unspecified atom stereocenters. The normalized spacial score (nSPS) is 32.4. The molecule has 112 valence electrons. The Hall–Kier alpha value is -0.460. The van der Waals surface area contributed by atoms with Crippen molar-refractivity contribution in [2.45, 2.75) is 33.1 Å². The largest absolute Gasteiger partial charge is 0.748 e. The van der Waals surface area contributed by atoms with Crippen LogP contribution in [0.3, 0.4) is 0 Å². The van der Waals surface area contributed by atoms with E-state index in [1.807, 2.05) is 13.8 Å². The monoisotopic (exact) mass is 291 g/mol. The number of hydrogen-bond acceptors (Lipinski definition) is 4. The molecule has 2 fully saturated rings. The van der Waals surface area contributed by atoms with Crippen LogP contribution in [0, 0.1) is 16.7 Å². The molecule has 0 heterocycles. The molecule has 6 heteroatoms. The highest BCUT2D eigenvalue weighted by Gasteiger charge is 2.64. The predicted molar refractivity (Wildman–Crippen MR) is 71.9 cm³/mol. The van der Waals surface area contributed by atoms with Crippen LogP contribution in [0.5, 0.6) is 0 Å². The average molecular weight is 291 g/mol. The van der Waals surface area contributed by atoms with Crippen LogP contribution in [-0.2, 0) is 14.9 Å². The molecule has 0 aromatic heterocycles. The van der Waals surface area contributed by atoms with Crippen molar-refractivity contribution >= 4 is 15.9 Å². The van der Waals surface area contributed by atoms with E-state index in [0.717, 1.165) is 6.42 Å². The third-order valence-corrected chi connectivity index (χ3v) is 5.41. The standard InChI is InChI=1S/C10H16O4S.C3H9N/c1-9(2)7-3-4-10(9,8(11)5-7)6-15(12,13)14;1-4(2)3/h7H,3-6H2,1-2H3,(H,12,13,14);1-3H3. The molecule has 2 rings (SSSR count). The summed E-state index contributed by atoms with van der Waals surface area (Å²) in [5.41, 5.74) is -1.22. The second kappa shape index (κ2) is 5.14. The van der Waals surface area contributed by atoms with Crippen molar-refractivity contribution in [1.29, 1.82) is 0 Å². The van der Waals surface area contributed by atoms with Crippen molar-refractivity contribution in [3.05, 3.63) is 0 Å². The summed E-state index contributed by atoms with van der Waals surface area (Å²) in [5.74, 6) is -0.280. The number of Topliss-reactive ketones (excluding diaryl/α,β-unsaturated/α-hetero) is 1. The minimum Gasteiger partial charge on any atom is -0.748 e. The van der Waals surface area contributed by atoms with Crippen LogP contribution < -0.4 is 4.90 Å². The molecule has 2 atom stereocenters. The average Bonchev–Trinajstić information content (AvgIpc) is 2.47. The zero-order chi connectivity index (χ0) is 15.1. The summed E-state index contributed by atoms with van der Waals surface area (Å²) >= 11 is 0. The minimum absolute atomic E-state index is 0.0248. The fourth-order valence-electron chi connectivity index (χ4n) is 3.41. The van der Waals surface area contributed by atoms with E-state index < -0.39 is 21.3 Å². The van der Waals surface area contributed by atoms with Crippen molar-refractivity contribution in [3.63, 3.8) is 0 Å². The summed E-state index contributed by atoms with van der Waals surface area (Å²) in [4.78, 5) is 13.3. The first kappa shape index (κ1) is 16.6. The van der Waals surface area contributed by atoms with Gasteiger partial charge in [0.1, 0.15) is 5.78 Å². The molecule has 2 saturated carbocycles. The Morgan fingerprint density at radius 3 is 2.05 bits per heavy atom. The summed E-state index contributed by atoms with van der Waals surface area (Å²) in [6.45, 7) is 3.83. The lowest BCUT2D eigenvalue weighted by molar-refractivity contribution is -0.836. The molecule has 0 aliphatic heterocycles. The second-order valence-corrected chi connectivity index (χ2v) is 8.27. The van der Waals surface area contributed by atoms with Gasteiger partial charge in [0, 0.05) is 11.8 Å². The smallest absolute Gasteiger partial charge is 0.140 e. The van der Waals surface area contributed by atoms with Gasteiger partial charge in [-0.2, -0.15) is 0 Å². The summed E-state index contributed by atoms with van der Waals surface area (Å²) in [7, 11) is 1.92. The maximum Gasteiger partial charge on any atom is 0.140 e. The number of carbonyl (C=O) groups is 1. The van der Waals surface area contributed by atoms with Gasteiger partial charge in [-0.3, -0.25) is 4.79 Å². The fourth-order valence-corrected chi connectivity index (χ4v) is 4.69. The van der Waals surface area contributed by atoms with E-state index in [-0.39, 0.29) is 17.1 Å². The van der Waals surface area contributed by atoms with Gasteiger partial charge < -0.3 is 9.45 Å². The van der Waals surface area contributed by atoms with E-state index in [2.05, 4.69) is 21.1 Å². The van der Waals surface area contributed by atoms with E-state index in [1.165, 1.54) is 4.90 Å². The quantitative estimate of drug-likeness (QED) is 0.708.